The van der Waals surface area contributed by atoms with Crippen LogP contribution in [-0.4, -0.2) is 50.1 Å². The molecule has 3 heterocycles. The van der Waals surface area contributed by atoms with Gasteiger partial charge in [-0.3, -0.25) is 14.5 Å². The Balaban J connectivity index is 1.59. The van der Waals surface area contributed by atoms with E-state index in [1.54, 1.807) is 10.7 Å². The quantitative estimate of drug-likeness (QED) is 0.341. The van der Waals surface area contributed by atoms with E-state index in [1.807, 2.05) is 33.9 Å². The summed E-state index contributed by atoms with van der Waals surface area (Å²) in [5.41, 5.74) is 6.39. The molecule has 0 saturated heterocycles. The highest BCUT2D eigenvalue weighted by molar-refractivity contribution is 5.82. The van der Waals surface area contributed by atoms with Gasteiger partial charge >= 0.3 is 5.97 Å². The van der Waals surface area contributed by atoms with Gasteiger partial charge < -0.3 is 14.5 Å². The lowest BCUT2D eigenvalue weighted by atomic mass is 9.69. The minimum Gasteiger partial charge on any atom is -0.485 e. The van der Waals surface area contributed by atoms with E-state index in [2.05, 4.69) is 65.2 Å². The van der Waals surface area contributed by atoms with Crippen LogP contribution in [0.3, 0.4) is 0 Å². The molecular weight excluding hydrogens is 518 g/mol. The normalized spacial score (nSPS) is 16.1. The van der Waals surface area contributed by atoms with Gasteiger partial charge in [0, 0.05) is 38.7 Å². The van der Waals surface area contributed by atoms with Crippen LogP contribution in [0.1, 0.15) is 67.1 Å². The van der Waals surface area contributed by atoms with Crippen molar-refractivity contribution >= 4 is 17.0 Å². The minimum absolute atomic E-state index is 0.145. The predicted octanol–water partition coefficient (Wildman–Crippen LogP) is 4.78. The number of rotatable bonds is 6. The summed E-state index contributed by atoms with van der Waals surface area (Å²) in [6, 6.07) is 13.8. The molecule has 41 heavy (non-hydrogen) atoms. The van der Waals surface area contributed by atoms with Gasteiger partial charge in [0.25, 0.3) is 0 Å². The zero-order valence-corrected chi connectivity index (χ0v) is 25.2. The van der Waals surface area contributed by atoms with E-state index in [1.165, 1.54) is 13.2 Å². The predicted molar refractivity (Wildman–Crippen MR) is 158 cm³/mol. The van der Waals surface area contributed by atoms with Crippen LogP contribution in [0.5, 0.6) is 5.75 Å². The van der Waals surface area contributed by atoms with E-state index in [4.69, 9.17) is 9.47 Å². The van der Waals surface area contributed by atoms with E-state index in [-0.39, 0.29) is 17.4 Å². The molecule has 9 heteroatoms. The van der Waals surface area contributed by atoms with Gasteiger partial charge in [0.05, 0.1) is 23.7 Å². The largest absolute Gasteiger partial charge is 0.485 e. The van der Waals surface area contributed by atoms with E-state index in [0.29, 0.717) is 25.4 Å². The van der Waals surface area contributed by atoms with Gasteiger partial charge in [-0.1, -0.05) is 29.5 Å². The lowest BCUT2D eigenvalue weighted by molar-refractivity contribution is -0.151. The molecule has 1 aliphatic heterocycles. The van der Waals surface area contributed by atoms with Crippen molar-refractivity contribution in [3.8, 4) is 5.75 Å². The molecule has 9 nitrogen and oxygen atoms in total. The Hall–Kier alpha value is -3.98. The van der Waals surface area contributed by atoms with Crippen LogP contribution in [-0.2, 0) is 29.7 Å². The van der Waals surface area contributed by atoms with Crippen molar-refractivity contribution in [2.45, 2.75) is 66.2 Å². The number of benzene rings is 2. The number of esters is 1. The summed E-state index contributed by atoms with van der Waals surface area (Å²) in [6.07, 6.45) is 0. The average Bonchev–Trinajstić information content (AvgIpc) is 3.23. The monoisotopic (exact) mass is 557 g/mol. The van der Waals surface area contributed by atoms with Gasteiger partial charge in [0.1, 0.15) is 16.9 Å². The lowest BCUT2D eigenvalue weighted by Gasteiger charge is -2.34. The first kappa shape index (κ1) is 28.5. The van der Waals surface area contributed by atoms with Crippen LogP contribution < -0.4 is 10.3 Å². The number of hydrogen-bond acceptors (Lipinski definition) is 7. The third-order valence-electron chi connectivity index (χ3n) is 8.25. The highest BCUT2D eigenvalue weighted by Crippen LogP contribution is 2.44. The number of aromatic amines is 1. The average molecular weight is 558 g/mol. The number of nitrogens with zero attached hydrogens (tertiary/aromatic N) is 4. The zero-order valence-electron chi connectivity index (χ0n) is 25.2. The molecule has 0 bridgehead atoms. The zero-order chi connectivity index (χ0) is 29.7. The SMILES string of the molecule is COC(=O)C(C)(C)[C@@H](c1ccc(C)c(CN2Cc3[nH]c(=O)ccc3OC(C)(C)C2)c1)c1ccc2c(nnn2C)c1C. The number of fused-ring (bicyclic) bond motifs is 2. The molecule has 0 amide bonds. The maximum atomic E-state index is 13.2. The summed E-state index contributed by atoms with van der Waals surface area (Å²) in [7, 11) is 3.31. The first-order valence-corrected chi connectivity index (χ1v) is 13.9. The third kappa shape index (κ3) is 5.38. The Kier molecular flexibility index (Phi) is 7.27. The molecule has 1 atom stereocenters. The third-order valence-corrected chi connectivity index (χ3v) is 8.25. The summed E-state index contributed by atoms with van der Waals surface area (Å²) < 4.78 is 13.3. The van der Waals surface area contributed by atoms with Gasteiger partial charge in [-0.2, -0.15) is 0 Å². The van der Waals surface area contributed by atoms with Crippen molar-refractivity contribution in [3.63, 3.8) is 0 Å². The van der Waals surface area contributed by atoms with Crippen LogP contribution in [0.25, 0.3) is 11.0 Å². The van der Waals surface area contributed by atoms with E-state index < -0.39 is 11.0 Å². The fraction of sp³-hybridized carbons (Fsp3) is 0.438. The summed E-state index contributed by atoms with van der Waals surface area (Å²) >= 11 is 0. The lowest BCUT2D eigenvalue weighted by Crippen LogP contribution is -2.40. The van der Waals surface area contributed by atoms with E-state index in [9.17, 15) is 9.59 Å². The Morgan fingerprint density at radius 3 is 2.66 bits per heavy atom. The standard InChI is InChI=1S/C32H39N5O4/c1-19-9-10-21(15-22(19)16-37-17-24-26(13-14-27(38)33-24)41-31(3,4)18-37)28(32(5,6)30(39)40-8)23-11-12-25-29(20(23)2)34-35-36(25)7/h9-15,28H,16-18H2,1-8H3,(H,33,38)/t28-/m0/s1. The molecule has 0 aliphatic carbocycles. The van der Waals surface area contributed by atoms with Crippen molar-refractivity contribution in [3.05, 3.63) is 86.3 Å². The minimum atomic E-state index is -0.862. The summed E-state index contributed by atoms with van der Waals surface area (Å²) in [5, 5.41) is 8.62. The number of pyridine rings is 1. The van der Waals surface area contributed by atoms with Crippen LogP contribution in [0.2, 0.25) is 0 Å². The van der Waals surface area contributed by atoms with Gasteiger partial charge in [0.2, 0.25) is 5.56 Å². The van der Waals surface area contributed by atoms with Crippen LogP contribution in [0.15, 0.2) is 47.3 Å². The second kappa shape index (κ2) is 10.4. The molecule has 2 aromatic carbocycles. The summed E-state index contributed by atoms with van der Waals surface area (Å²) in [4.78, 5) is 30.6. The van der Waals surface area contributed by atoms with Crippen LogP contribution in [0, 0.1) is 19.3 Å². The van der Waals surface area contributed by atoms with Gasteiger partial charge in [-0.25, -0.2) is 4.68 Å². The Morgan fingerprint density at radius 1 is 1.17 bits per heavy atom. The molecule has 4 aromatic rings. The number of ether oxygens (including phenoxy) is 2. The van der Waals surface area contributed by atoms with Crippen LogP contribution >= 0.6 is 0 Å². The first-order valence-electron chi connectivity index (χ1n) is 13.9. The number of carbonyl (C=O) groups excluding carboxylic acids is 1. The molecule has 0 spiro atoms. The van der Waals surface area contributed by atoms with Crippen molar-refractivity contribution in [2.24, 2.45) is 12.5 Å². The maximum absolute atomic E-state index is 13.2. The van der Waals surface area contributed by atoms with E-state index >= 15 is 0 Å². The van der Waals surface area contributed by atoms with Gasteiger partial charge in [-0.05, 0) is 81.5 Å². The fourth-order valence-corrected chi connectivity index (χ4v) is 6.19. The highest BCUT2D eigenvalue weighted by atomic mass is 16.5. The smallest absolute Gasteiger partial charge is 0.312 e. The van der Waals surface area contributed by atoms with Gasteiger partial charge in [-0.15, -0.1) is 5.10 Å². The van der Waals surface area contributed by atoms with Crippen molar-refractivity contribution < 1.29 is 14.3 Å². The fourth-order valence-electron chi connectivity index (χ4n) is 6.19. The molecule has 2 aromatic heterocycles. The maximum Gasteiger partial charge on any atom is 0.312 e. The molecule has 1 N–H and O–H groups in total. The number of methoxy groups -OCH3 is 1. The second-order valence-corrected chi connectivity index (χ2v) is 12.4. The highest BCUT2D eigenvalue weighted by Gasteiger charge is 2.41. The Morgan fingerprint density at radius 2 is 1.93 bits per heavy atom. The molecule has 216 valence electrons. The molecule has 1 aliphatic rings. The Bertz CT molecular complexity index is 1680. The van der Waals surface area contributed by atoms with Crippen molar-refractivity contribution in [1.29, 1.82) is 0 Å². The topological polar surface area (TPSA) is 102 Å². The van der Waals surface area contributed by atoms with E-state index in [0.717, 1.165) is 44.5 Å². The molecule has 5 rings (SSSR count). The first-order chi connectivity index (χ1) is 19.3. The number of carbonyl (C=O) groups is 1. The molecule has 0 radical (unpaired) electrons. The molecule has 0 fully saturated rings. The Labute approximate surface area is 240 Å². The second-order valence-electron chi connectivity index (χ2n) is 12.4. The summed E-state index contributed by atoms with van der Waals surface area (Å²) in [6.45, 7) is 14.0. The number of H-pyrrole nitrogens is 1. The van der Waals surface area contributed by atoms with Crippen molar-refractivity contribution in [1.82, 2.24) is 24.9 Å². The van der Waals surface area contributed by atoms with Gasteiger partial charge in [0.15, 0.2) is 0 Å². The molecule has 0 saturated carbocycles. The summed E-state index contributed by atoms with van der Waals surface area (Å²) in [5.74, 6) is 0.134. The van der Waals surface area contributed by atoms with Crippen molar-refractivity contribution in [2.75, 3.05) is 13.7 Å². The number of hydrogen-bond donors (Lipinski definition) is 1. The molecule has 0 unspecified atom stereocenters. The van der Waals surface area contributed by atoms with Crippen LogP contribution in [0.4, 0.5) is 0 Å². The number of aromatic nitrogens is 4. The number of nitrogens with one attached hydrogen (secondary N) is 1. The number of aryl methyl sites for hydroxylation is 3. The molecular formula is C32H39N5O4.